The Balaban J connectivity index is 1.44. The topological polar surface area (TPSA) is 147 Å². The summed E-state index contributed by atoms with van der Waals surface area (Å²) in [5.41, 5.74) is 6.12. The van der Waals surface area contributed by atoms with E-state index in [1.165, 1.54) is 63.5 Å². The maximum Gasteiger partial charge on any atom is 0.336 e. The number of amides is 2. The predicted octanol–water partition coefficient (Wildman–Crippen LogP) is 8.27. The molecule has 0 aliphatic rings. The molecule has 0 radical (unpaired) electrons. The molecule has 2 amide bonds. The lowest BCUT2D eigenvalue weighted by atomic mass is 9.84. The zero-order valence-electron chi connectivity index (χ0n) is 25.7. The zero-order chi connectivity index (χ0) is 32.1. The third-order valence-electron chi connectivity index (χ3n) is 8.94. The molecule has 0 bridgehead atoms. The maximum absolute atomic E-state index is 13.5. The molecule has 0 unspecified atom stereocenters. The molecule has 234 valence electrons. The van der Waals surface area contributed by atoms with Gasteiger partial charge < -0.3 is 21.3 Å². The van der Waals surface area contributed by atoms with Gasteiger partial charge in [0.15, 0.2) is 0 Å². The van der Waals surface area contributed by atoms with Crippen LogP contribution < -0.4 is 11.1 Å². The number of carboxylic acid groups (broad SMARTS) is 2. The maximum atomic E-state index is 13.5. The van der Waals surface area contributed by atoms with E-state index in [1.54, 1.807) is 36.4 Å². The number of carbonyl (C=O) groups is 4. The second-order valence-electron chi connectivity index (χ2n) is 11.9. The first-order valence-electron chi connectivity index (χ1n) is 16.0. The average molecular weight is 609 g/mol. The molecule has 5 aromatic carbocycles. The molecule has 0 heterocycles. The highest BCUT2D eigenvalue weighted by Gasteiger charge is 2.25. The lowest BCUT2D eigenvalue weighted by Gasteiger charge is -2.19. The number of unbranched alkanes of at least 4 members (excludes halogenated alkanes) is 10. The van der Waals surface area contributed by atoms with E-state index in [0.29, 0.717) is 49.8 Å². The van der Waals surface area contributed by atoms with Crippen LogP contribution in [0.25, 0.3) is 43.1 Å². The number of benzene rings is 5. The Labute approximate surface area is 261 Å². The minimum Gasteiger partial charge on any atom is -0.478 e. The van der Waals surface area contributed by atoms with Crippen molar-refractivity contribution in [1.82, 2.24) is 5.32 Å². The van der Waals surface area contributed by atoms with Crippen LogP contribution in [0.1, 0.15) is 119 Å². The highest BCUT2D eigenvalue weighted by Crippen LogP contribution is 2.44. The van der Waals surface area contributed by atoms with Crippen molar-refractivity contribution in [3.63, 3.8) is 0 Å². The van der Waals surface area contributed by atoms with Crippen molar-refractivity contribution in [2.24, 2.45) is 5.73 Å². The van der Waals surface area contributed by atoms with Gasteiger partial charge in [0.1, 0.15) is 0 Å². The standard InChI is InChI=1S/C37H40N2O6/c1-2-3-4-5-6-7-8-9-10-11-12-21-39-35(41)27-18-14-23-25-16-20-29(37(44)45)33-28(36(42)43)19-15-24(31(25)33)22-13-17-26(34(38)40)32(27)30(22)23/h13-20H,2-12,21H2,1H3,(H2,38,40)(H,39,41)(H,42,43)(H,44,45). The fourth-order valence-corrected chi connectivity index (χ4v) is 6.73. The number of carbonyl (C=O) groups excluding carboxylic acids is 2. The third kappa shape index (κ3) is 6.27. The van der Waals surface area contributed by atoms with E-state index in [4.69, 9.17) is 5.73 Å². The molecule has 0 spiro atoms. The van der Waals surface area contributed by atoms with Crippen molar-refractivity contribution in [3.8, 4) is 0 Å². The Kier molecular flexibility index (Phi) is 9.81. The van der Waals surface area contributed by atoms with Crippen LogP contribution in [0.3, 0.4) is 0 Å². The minimum absolute atomic E-state index is 0.111. The van der Waals surface area contributed by atoms with Crippen molar-refractivity contribution in [3.05, 3.63) is 70.8 Å². The molecule has 0 saturated heterocycles. The molecule has 0 atom stereocenters. The summed E-state index contributed by atoms with van der Waals surface area (Å²) in [7, 11) is 0. The molecular weight excluding hydrogens is 568 g/mol. The summed E-state index contributed by atoms with van der Waals surface area (Å²) in [5.74, 6) is -3.43. The predicted molar refractivity (Wildman–Crippen MR) is 179 cm³/mol. The number of rotatable bonds is 16. The number of nitrogens with two attached hydrogens (primary N) is 1. The van der Waals surface area contributed by atoms with E-state index in [9.17, 15) is 29.4 Å². The van der Waals surface area contributed by atoms with E-state index < -0.39 is 17.8 Å². The number of carboxylic acids is 2. The van der Waals surface area contributed by atoms with Crippen LogP contribution in [-0.4, -0.2) is 40.5 Å². The van der Waals surface area contributed by atoms with Gasteiger partial charge in [-0.2, -0.15) is 0 Å². The van der Waals surface area contributed by atoms with E-state index in [0.717, 1.165) is 19.3 Å². The smallest absolute Gasteiger partial charge is 0.336 e. The highest BCUT2D eigenvalue weighted by molar-refractivity contribution is 6.38. The van der Waals surface area contributed by atoms with Gasteiger partial charge in [-0.15, -0.1) is 0 Å². The van der Waals surface area contributed by atoms with Crippen LogP contribution in [0.15, 0.2) is 48.5 Å². The first kappa shape index (κ1) is 31.7. The zero-order valence-corrected chi connectivity index (χ0v) is 25.7. The van der Waals surface area contributed by atoms with Crippen molar-refractivity contribution in [2.75, 3.05) is 6.54 Å². The van der Waals surface area contributed by atoms with Crippen LogP contribution in [0.4, 0.5) is 0 Å². The molecule has 8 heteroatoms. The Bertz CT molecular complexity index is 1840. The molecule has 0 saturated carbocycles. The summed E-state index contributed by atoms with van der Waals surface area (Å²) in [4.78, 5) is 50.4. The quantitative estimate of drug-likeness (QED) is 0.0503. The van der Waals surface area contributed by atoms with Crippen molar-refractivity contribution in [2.45, 2.75) is 77.6 Å². The number of hydrogen-bond donors (Lipinski definition) is 4. The lowest BCUT2D eigenvalue weighted by Crippen LogP contribution is -2.25. The van der Waals surface area contributed by atoms with Crippen LogP contribution in [0.2, 0.25) is 0 Å². The molecule has 0 fully saturated rings. The number of primary amides is 1. The largest absolute Gasteiger partial charge is 0.478 e. The fraction of sp³-hybridized carbons (Fsp3) is 0.351. The van der Waals surface area contributed by atoms with Crippen LogP contribution >= 0.6 is 0 Å². The highest BCUT2D eigenvalue weighted by atomic mass is 16.4. The number of nitrogens with one attached hydrogen (secondary N) is 1. The number of fused-ring (bicyclic) bond motifs is 2. The fourth-order valence-electron chi connectivity index (χ4n) is 6.73. The van der Waals surface area contributed by atoms with Gasteiger partial charge >= 0.3 is 11.9 Å². The minimum atomic E-state index is -1.23. The van der Waals surface area contributed by atoms with E-state index in [1.807, 2.05) is 0 Å². The Morgan fingerprint density at radius 3 is 1.33 bits per heavy atom. The van der Waals surface area contributed by atoms with Crippen molar-refractivity contribution >= 4 is 66.8 Å². The summed E-state index contributed by atoms with van der Waals surface area (Å²) < 4.78 is 0. The van der Waals surface area contributed by atoms with Crippen LogP contribution in [-0.2, 0) is 0 Å². The van der Waals surface area contributed by atoms with Gasteiger partial charge in [0, 0.05) is 28.4 Å². The van der Waals surface area contributed by atoms with Gasteiger partial charge in [0.05, 0.1) is 11.1 Å². The summed E-state index contributed by atoms with van der Waals surface area (Å²) in [5, 5.41) is 27.1. The van der Waals surface area contributed by atoms with Crippen molar-refractivity contribution in [1.29, 1.82) is 0 Å². The SMILES string of the molecule is CCCCCCCCCCCCCNC(=O)c1ccc2c3ccc(C(=O)O)c4c(C(=O)O)ccc(c5ccc(C(N)=O)c1c52)c43. The molecule has 0 aliphatic heterocycles. The number of hydrogen-bond acceptors (Lipinski definition) is 4. The Hall–Kier alpha value is -4.72. The Morgan fingerprint density at radius 2 is 0.911 bits per heavy atom. The van der Waals surface area contributed by atoms with E-state index >= 15 is 0 Å². The summed E-state index contributed by atoms with van der Waals surface area (Å²) in [6.45, 7) is 2.75. The summed E-state index contributed by atoms with van der Waals surface area (Å²) >= 11 is 0. The van der Waals surface area contributed by atoms with Gasteiger partial charge in [0.2, 0.25) is 5.91 Å². The second-order valence-corrected chi connectivity index (χ2v) is 11.9. The van der Waals surface area contributed by atoms with Crippen LogP contribution in [0.5, 0.6) is 0 Å². The van der Waals surface area contributed by atoms with Gasteiger partial charge in [-0.3, -0.25) is 9.59 Å². The summed E-state index contributed by atoms with van der Waals surface area (Å²) in [6.07, 6.45) is 13.3. The second kappa shape index (κ2) is 13.9. The molecule has 5 N–H and O–H groups in total. The van der Waals surface area contributed by atoms with Gasteiger partial charge in [-0.1, -0.05) is 95.4 Å². The molecule has 5 aromatic rings. The molecule has 8 nitrogen and oxygen atoms in total. The normalized spacial score (nSPS) is 11.6. The molecule has 0 aromatic heterocycles. The van der Waals surface area contributed by atoms with Gasteiger partial charge in [0.25, 0.3) is 5.91 Å². The third-order valence-corrected chi connectivity index (χ3v) is 8.94. The lowest BCUT2D eigenvalue weighted by molar-refractivity contribution is 0.0695. The number of aromatic carboxylic acids is 2. The van der Waals surface area contributed by atoms with Crippen molar-refractivity contribution < 1.29 is 29.4 Å². The first-order valence-corrected chi connectivity index (χ1v) is 16.0. The molecule has 0 aliphatic carbocycles. The van der Waals surface area contributed by atoms with Gasteiger partial charge in [-0.05, 0) is 63.0 Å². The van der Waals surface area contributed by atoms with E-state index in [2.05, 4.69) is 12.2 Å². The molecular formula is C37H40N2O6. The monoisotopic (exact) mass is 608 g/mol. The van der Waals surface area contributed by atoms with E-state index in [-0.39, 0.29) is 28.0 Å². The first-order chi connectivity index (χ1) is 21.8. The Morgan fingerprint density at radius 1 is 0.533 bits per heavy atom. The summed E-state index contributed by atoms with van der Waals surface area (Å²) in [6, 6.07) is 12.9. The van der Waals surface area contributed by atoms with Crippen LogP contribution in [0, 0.1) is 0 Å². The average Bonchev–Trinajstić information content (AvgIpc) is 3.02. The molecule has 45 heavy (non-hydrogen) atoms. The van der Waals surface area contributed by atoms with Gasteiger partial charge in [-0.25, -0.2) is 9.59 Å². The molecule has 5 rings (SSSR count).